The maximum absolute atomic E-state index is 12.2. The van der Waals surface area contributed by atoms with Gasteiger partial charge in [0.15, 0.2) is 0 Å². The van der Waals surface area contributed by atoms with Crippen molar-refractivity contribution in [1.82, 2.24) is 9.80 Å². The van der Waals surface area contributed by atoms with Crippen molar-refractivity contribution >= 4 is 34.8 Å². The molecular formula is C12H15Cl2N3O. The first-order chi connectivity index (χ1) is 8.40. The molecule has 0 saturated carbocycles. The van der Waals surface area contributed by atoms with E-state index >= 15 is 0 Å². The van der Waals surface area contributed by atoms with E-state index in [4.69, 9.17) is 28.9 Å². The Bertz CT molecular complexity index is 461. The molecule has 2 rings (SSSR count). The lowest BCUT2D eigenvalue weighted by Gasteiger charge is -2.42. The maximum Gasteiger partial charge on any atom is 0.254 e. The van der Waals surface area contributed by atoms with Gasteiger partial charge in [0.2, 0.25) is 0 Å². The van der Waals surface area contributed by atoms with Crippen LogP contribution in [0.3, 0.4) is 0 Å². The minimum absolute atomic E-state index is 0.0584. The van der Waals surface area contributed by atoms with Crippen LogP contribution in [0.1, 0.15) is 10.4 Å². The van der Waals surface area contributed by atoms with E-state index in [1.165, 1.54) is 0 Å². The van der Waals surface area contributed by atoms with Crippen LogP contribution in [-0.2, 0) is 0 Å². The molecule has 1 heterocycles. The number of nitrogen functional groups attached to an aromatic ring is 1. The van der Waals surface area contributed by atoms with Crippen molar-refractivity contribution in [2.75, 3.05) is 32.9 Å². The molecule has 1 aliphatic rings. The van der Waals surface area contributed by atoms with E-state index in [1.54, 1.807) is 17.0 Å². The molecule has 0 spiro atoms. The fourth-order valence-electron chi connectivity index (χ4n) is 1.84. The lowest BCUT2D eigenvalue weighted by atomic mass is 10.1. The molecule has 0 bridgehead atoms. The third-order valence-electron chi connectivity index (χ3n) is 3.21. The zero-order valence-electron chi connectivity index (χ0n) is 10.3. The number of amides is 1. The standard InChI is InChI=1S/C12H15Cl2N3O/c1-16(2)8-5-17(6-8)12(18)7-3-9(13)11(15)10(14)4-7/h3-4,8H,5-6,15H2,1-2H3. The van der Waals surface area contributed by atoms with Crippen molar-refractivity contribution in [3.05, 3.63) is 27.7 Å². The molecule has 0 aromatic heterocycles. The fourth-order valence-corrected chi connectivity index (χ4v) is 2.33. The van der Waals surface area contributed by atoms with Crippen molar-refractivity contribution in [3.63, 3.8) is 0 Å². The highest BCUT2D eigenvalue weighted by Gasteiger charge is 2.32. The lowest BCUT2D eigenvalue weighted by Crippen LogP contribution is -2.59. The number of hydrogen-bond acceptors (Lipinski definition) is 3. The van der Waals surface area contributed by atoms with Crippen molar-refractivity contribution < 1.29 is 4.79 Å². The highest BCUT2D eigenvalue weighted by atomic mass is 35.5. The number of carbonyl (C=O) groups excluding carboxylic acids is 1. The third-order valence-corrected chi connectivity index (χ3v) is 3.83. The van der Waals surface area contributed by atoms with Crippen LogP contribution in [0.15, 0.2) is 12.1 Å². The second kappa shape index (κ2) is 4.96. The molecule has 0 aliphatic carbocycles. The number of rotatable bonds is 2. The topological polar surface area (TPSA) is 49.6 Å². The minimum atomic E-state index is -0.0584. The Morgan fingerprint density at radius 2 is 1.83 bits per heavy atom. The first-order valence-corrected chi connectivity index (χ1v) is 6.36. The number of halogens is 2. The largest absolute Gasteiger partial charge is 0.396 e. The van der Waals surface area contributed by atoms with Gasteiger partial charge in [-0.05, 0) is 26.2 Å². The predicted molar refractivity (Wildman–Crippen MR) is 74.3 cm³/mol. The Labute approximate surface area is 116 Å². The van der Waals surface area contributed by atoms with E-state index in [2.05, 4.69) is 4.90 Å². The van der Waals surface area contributed by atoms with Crippen LogP contribution < -0.4 is 5.73 Å². The minimum Gasteiger partial charge on any atom is -0.396 e. The molecule has 18 heavy (non-hydrogen) atoms. The van der Waals surface area contributed by atoms with Crippen molar-refractivity contribution in [2.24, 2.45) is 0 Å². The second-order valence-electron chi connectivity index (χ2n) is 4.68. The summed E-state index contributed by atoms with van der Waals surface area (Å²) >= 11 is 11.8. The molecule has 1 aromatic carbocycles. The summed E-state index contributed by atoms with van der Waals surface area (Å²) in [6.07, 6.45) is 0. The van der Waals surface area contributed by atoms with Gasteiger partial charge in [-0.2, -0.15) is 0 Å². The number of nitrogens with zero attached hydrogens (tertiary/aromatic N) is 2. The van der Waals surface area contributed by atoms with Gasteiger partial charge in [0.05, 0.1) is 15.7 Å². The molecule has 1 amide bonds. The SMILES string of the molecule is CN(C)C1CN(C(=O)c2cc(Cl)c(N)c(Cl)c2)C1. The molecule has 0 atom stereocenters. The first-order valence-electron chi connectivity index (χ1n) is 5.60. The molecule has 6 heteroatoms. The molecular weight excluding hydrogens is 273 g/mol. The summed E-state index contributed by atoms with van der Waals surface area (Å²) in [4.78, 5) is 16.0. The van der Waals surface area contributed by atoms with Gasteiger partial charge in [0, 0.05) is 24.7 Å². The number of nitrogens with two attached hydrogens (primary N) is 1. The van der Waals surface area contributed by atoms with Crippen molar-refractivity contribution in [1.29, 1.82) is 0 Å². The smallest absolute Gasteiger partial charge is 0.254 e. The molecule has 98 valence electrons. The molecule has 0 unspecified atom stereocenters. The number of anilines is 1. The highest BCUT2D eigenvalue weighted by Crippen LogP contribution is 2.30. The Hall–Kier alpha value is -0.970. The van der Waals surface area contributed by atoms with Gasteiger partial charge in [-0.25, -0.2) is 0 Å². The Kier molecular flexibility index (Phi) is 3.71. The fraction of sp³-hybridized carbons (Fsp3) is 0.417. The van der Waals surface area contributed by atoms with E-state index in [1.807, 2.05) is 14.1 Å². The van der Waals surface area contributed by atoms with Crippen molar-refractivity contribution in [3.8, 4) is 0 Å². The Balaban J connectivity index is 2.12. The van der Waals surface area contributed by atoms with E-state index < -0.39 is 0 Å². The summed E-state index contributed by atoms with van der Waals surface area (Å²) in [5.74, 6) is -0.0584. The summed E-state index contributed by atoms with van der Waals surface area (Å²) in [5.41, 5.74) is 6.43. The average molecular weight is 288 g/mol. The van der Waals surface area contributed by atoms with Gasteiger partial charge < -0.3 is 15.5 Å². The van der Waals surface area contributed by atoms with Gasteiger partial charge in [0.25, 0.3) is 5.91 Å². The van der Waals surface area contributed by atoms with Gasteiger partial charge in [-0.1, -0.05) is 23.2 Å². The molecule has 1 saturated heterocycles. The zero-order valence-corrected chi connectivity index (χ0v) is 11.8. The molecule has 0 radical (unpaired) electrons. The van der Waals surface area contributed by atoms with Crippen LogP contribution in [0.2, 0.25) is 10.0 Å². The zero-order chi connectivity index (χ0) is 13.4. The highest BCUT2D eigenvalue weighted by molar-refractivity contribution is 6.39. The van der Waals surface area contributed by atoms with Gasteiger partial charge in [-0.15, -0.1) is 0 Å². The quantitative estimate of drug-likeness (QED) is 0.846. The molecule has 1 aliphatic heterocycles. The Morgan fingerprint density at radius 1 is 1.33 bits per heavy atom. The van der Waals surface area contributed by atoms with Gasteiger partial charge in [0.1, 0.15) is 0 Å². The number of hydrogen-bond donors (Lipinski definition) is 1. The normalized spacial score (nSPS) is 15.9. The van der Waals surface area contributed by atoms with E-state index in [-0.39, 0.29) is 5.91 Å². The Morgan fingerprint density at radius 3 is 2.28 bits per heavy atom. The lowest BCUT2D eigenvalue weighted by molar-refractivity contribution is 0.0399. The average Bonchev–Trinajstić information content (AvgIpc) is 2.22. The summed E-state index contributed by atoms with van der Waals surface area (Å²) in [6, 6.07) is 3.55. The van der Waals surface area contributed by atoms with E-state index in [0.717, 1.165) is 13.1 Å². The van der Waals surface area contributed by atoms with Crippen LogP contribution in [0.5, 0.6) is 0 Å². The van der Waals surface area contributed by atoms with Crippen LogP contribution in [0.4, 0.5) is 5.69 Å². The van der Waals surface area contributed by atoms with Crippen LogP contribution >= 0.6 is 23.2 Å². The number of benzene rings is 1. The molecule has 1 fully saturated rings. The second-order valence-corrected chi connectivity index (χ2v) is 5.50. The summed E-state index contributed by atoms with van der Waals surface area (Å²) < 4.78 is 0. The summed E-state index contributed by atoms with van der Waals surface area (Å²) in [6.45, 7) is 1.46. The predicted octanol–water partition coefficient (Wildman–Crippen LogP) is 1.96. The van der Waals surface area contributed by atoms with E-state index in [0.29, 0.717) is 27.3 Å². The van der Waals surface area contributed by atoms with Crippen LogP contribution in [0, 0.1) is 0 Å². The van der Waals surface area contributed by atoms with Crippen LogP contribution in [-0.4, -0.2) is 48.9 Å². The number of likely N-dealkylation sites (N-methyl/N-ethyl adjacent to an activating group) is 1. The van der Waals surface area contributed by atoms with Crippen LogP contribution in [0.25, 0.3) is 0 Å². The van der Waals surface area contributed by atoms with Gasteiger partial charge in [-0.3, -0.25) is 4.79 Å². The molecule has 4 nitrogen and oxygen atoms in total. The monoisotopic (exact) mass is 287 g/mol. The molecule has 2 N–H and O–H groups in total. The summed E-state index contributed by atoms with van der Waals surface area (Å²) in [7, 11) is 4.01. The maximum atomic E-state index is 12.2. The van der Waals surface area contributed by atoms with Crippen molar-refractivity contribution in [2.45, 2.75) is 6.04 Å². The number of likely N-dealkylation sites (tertiary alicyclic amines) is 1. The first kappa shape index (κ1) is 13.5. The number of carbonyl (C=O) groups is 1. The third kappa shape index (κ3) is 2.41. The van der Waals surface area contributed by atoms with E-state index in [9.17, 15) is 4.79 Å². The molecule has 1 aromatic rings. The summed E-state index contributed by atoms with van der Waals surface area (Å²) in [5, 5.41) is 0.631. The van der Waals surface area contributed by atoms with Gasteiger partial charge >= 0.3 is 0 Å².